The molecular weight excluding hydrogens is 152 g/mol. The minimum atomic E-state index is -1.17. The van der Waals surface area contributed by atoms with Gasteiger partial charge in [0.1, 0.15) is 12.3 Å². The highest BCUT2D eigenvalue weighted by Gasteiger charge is 2.05. The number of carbonyl (C=O) groups excluding carboxylic acids is 1. The third kappa shape index (κ3) is 4.91. The second-order valence-corrected chi connectivity index (χ2v) is 1.55. The molecule has 1 amide bonds. The van der Waals surface area contributed by atoms with Crippen molar-refractivity contribution in [1.29, 1.82) is 0 Å². The molecule has 0 rings (SSSR count). The van der Waals surface area contributed by atoms with E-state index in [1.165, 1.54) is 0 Å². The highest BCUT2D eigenvalue weighted by atomic mass is 16.6. The number of amides is 1. The van der Waals surface area contributed by atoms with Crippen LogP contribution in [0.5, 0.6) is 0 Å². The largest absolute Gasteiger partial charge is 0.480 e. The lowest BCUT2D eigenvalue weighted by Gasteiger charge is -1.97. The molecule has 11 heavy (non-hydrogen) atoms. The van der Waals surface area contributed by atoms with E-state index in [-0.39, 0.29) is 0 Å². The van der Waals surface area contributed by atoms with Gasteiger partial charge in [0.2, 0.25) is 6.41 Å². The molecule has 0 aliphatic rings. The van der Waals surface area contributed by atoms with Crippen molar-refractivity contribution < 1.29 is 19.5 Å². The predicted octanol–water partition coefficient (Wildman–Crippen LogP) is -1.41. The van der Waals surface area contributed by atoms with Gasteiger partial charge in [0.05, 0.1) is 0 Å². The summed E-state index contributed by atoms with van der Waals surface area (Å²) in [4.78, 5) is 23.9. The van der Waals surface area contributed by atoms with E-state index in [1.807, 2.05) is 5.48 Å². The second-order valence-electron chi connectivity index (χ2n) is 1.55. The van der Waals surface area contributed by atoms with Crippen LogP contribution in [-0.4, -0.2) is 23.5 Å². The highest BCUT2D eigenvalue weighted by molar-refractivity contribution is 5.75. The van der Waals surface area contributed by atoms with Gasteiger partial charge in [-0.25, -0.2) is 0 Å². The molecule has 0 saturated heterocycles. The number of hydroxylamine groups is 1. The lowest BCUT2D eigenvalue weighted by molar-refractivity contribution is -0.137. The molecule has 0 aliphatic carbocycles. The van der Waals surface area contributed by atoms with Gasteiger partial charge >= 0.3 is 5.97 Å². The number of aliphatic carboxylic acids is 1. The molecule has 4 N–H and O–H groups in total. The average Bonchev–Trinajstić information content (AvgIpc) is 1.97. The van der Waals surface area contributed by atoms with Gasteiger partial charge in [-0.1, -0.05) is 0 Å². The Bertz CT molecular complexity index is 168. The Morgan fingerprint density at radius 3 is 2.82 bits per heavy atom. The summed E-state index contributed by atoms with van der Waals surface area (Å²) in [5.41, 5.74) is 6.84. The Morgan fingerprint density at radius 1 is 1.73 bits per heavy atom. The Hall–Kier alpha value is -1.56. The normalized spacial score (nSPS) is 12.5. The molecular formula is C5H8N2O4. The minimum absolute atomic E-state index is 0.302. The molecule has 0 radical (unpaired) electrons. The van der Waals surface area contributed by atoms with Crippen molar-refractivity contribution in [2.45, 2.75) is 6.04 Å². The maximum atomic E-state index is 10.0. The Kier molecular flexibility index (Phi) is 4.50. The third-order valence-corrected chi connectivity index (χ3v) is 0.755. The number of nitrogens with one attached hydrogen (secondary N) is 1. The number of carbonyl (C=O) groups is 2. The summed E-state index contributed by atoms with van der Waals surface area (Å²) < 4.78 is 0. The monoisotopic (exact) mass is 160 g/mol. The van der Waals surface area contributed by atoms with Gasteiger partial charge in [0, 0.05) is 0 Å². The molecule has 0 spiro atoms. The van der Waals surface area contributed by atoms with Crippen molar-refractivity contribution in [1.82, 2.24) is 5.48 Å². The van der Waals surface area contributed by atoms with Crippen LogP contribution < -0.4 is 11.2 Å². The van der Waals surface area contributed by atoms with Gasteiger partial charge in [-0.15, -0.1) is 0 Å². The van der Waals surface area contributed by atoms with Gasteiger partial charge in [-0.05, 0) is 6.08 Å². The van der Waals surface area contributed by atoms with Crippen LogP contribution in [0.15, 0.2) is 12.3 Å². The maximum absolute atomic E-state index is 10.0. The van der Waals surface area contributed by atoms with Crippen molar-refractivity contribution in [2.75, 3.05) is 0 Å². The Labute approximate surface area is 62.6 Å². The van der Waals surface area contributed by atoms with Gasteiger partial charge < -0.3 is 15.7 Å². The van der Waals surface area contributed by atoms with Gasteiger partial charge in [-0.2, -0.15) is 5.48 Å². The van der Waals surface area contributed by atoms with Crippen LogP contribution >= 0.6 is 0 Å². The number of carboxylic acids is 1. The molecule has 1 atom stereocenters. The van der Waals surface area contributed by atoms with E-state index in [0.717, 1.165) is 12.3 Å². The fourth-order valence-corrected chi connectivity index (χ4v) is 0.273. The molecule has 0 aromatic rings. The van der Waals surface area contributed by atoms with Crippen molar-refractivity contribution in [3.05, 3.63) is 12.3 Å². The van der Waals surface area contributed by atoms with E-state index < -0.39 is 12.0 Å². The lowest BCUT2D eigenvalue weighted by Crippen LogP contribution is -2.27. The van der Waals surface area contributed by atoms with Crippen LogP contribution in [0.25, 0.3) is 0 Å². The van der Waals surface area contributed by atoms with Crippen LogP contribution in [0, 0.1) is 0 Å². The molecule has 0 unspecified atom stereocenters. The molecule has 0 bridgehead atoms. The lowest BCUT2D eigenvalue weighted by atomic mass is 10.3. The zero-order valence-corrected chi connectivity index (χ0v) is 5.56. The molecule has 0 heterocycles. The molecule has 6 nitrogen and oxygen atoms in total. The van der Waals surface area contributed by atoms with Crippen molar-refractivity contribution in [3.63, 3.8) is 0 Å². The summed E-state index contributed by atoms with van der Waals surface area (Å²) in [6, 6.07) is -1.12. The minimum Gasteiger partial charge on any atom is -0.480 e. The Morgan fingerprint density at radius 2 is 2.36 bits per heavy atom. The summed E-state index contributed by atoms with van der Waals surface area (Å²) in [7, 11) is 0. The van der Waals surface area contributed by atoms with Crippen LogP contribution in [0.2, 0.25) is 0 Å². The van der Waals surface area contributed by atoms with Crippen molar-refractivity contribution >= 4 is 12.4 Å². The standard InChI is InChI=1S/C5H8N2O4/c6-4(5(9)10)1-2-11-7-3-8/h1-4H,6H2,(H,7,8)(H,9,10)/t4-/m1/s1. The van der Waals surface area contributed by atoms with Crippen LogP contribution in [0.4, 0.5) is 0 Å². The highest BCUT2D eigenvalue weighted by Crippen LogP contribution is 1.81. The SMILES string of the molecule is N[C@H](C=CONC=O)C(=O)O. The molecule has 0 aromatic heterocycles. The number of rotatable bonds is 5. The molecule has 6 heteroatoms. The molecule has 0 aromatic carbocycles. The quantitative estimate of drug-likeness (QED) is 0.198. The summed E-state index contributed by atoms with van der Waals surface area (Å²) >= 11 is 0. The summed E-state index contributed by atoms with van der Waals surface area (Å²) in [6.45, 7) is 0. The first-order valence-corrected chi connectivity index (χ1v) is 2.68. The smallest absolute Gasteiger partial charge is 0.324 e. The van der Waals surface area contributed by atoms with Crippen molar-refractivity contribution in [2.24, 2.45) is 5.73 Å². The fourth-order valence-electron chi connectivity index (χ4n) is 0.273. The number of carboxylic acid groups (broad SMARTS) is 1. The van der Waals surface area contributed by atoms with E-state index >= 15 is 0 Å². The maximum Gasteiger partial charge on any atom is 0.324 e. The van der Waals surface area contributed by atoms with E-state index in [1.54, 1.807) is 0 Å². The first-order valence-electron chi connectivity index (χ1n) is 2.68. The zero-order chi connectivity index (χ0) is 8.69. The number of nitrogens with two attached hydrogens (primary N) is 1. The summed E-state index contributed by atoms with van der Waals surface area (Å²) in [6.07, 6.45) is 2.36. The zero-order valence-electron chi connectivity index (χ0n) is 5.56. The first-order chi connectivity index (χ1) is 5.18. The van der Waals surface area contributed by atoms with Crippen LogP contribution in [0.3, 0.4) is 0 Å². The molecule has 62 valence electrons. The first kappa shape index (κ1) is 9.44. The van der Waals surface area contributed by atoms with Gasteiger partial charge in [-0.3, -0.25) is 9.59 Å². The van der Waals surface area contributed by atoms with Crippen LogP contribution in [-0.2, 0) is 14.4 Å². The average molecular weight is 160 g/mol. The van der Waals surface area contributed by atoms with E-state index in [2.05, 4.69) is 4.84 Å². The molecule has 0 saturated carbocycles. The van der Waals surface area contributed by atoms with Gasteiger partial charge in [0.25, 0.3) is 0 Å². The van der Waals surface area contributed by atoms with Crippen molar-refractivity contribution in [3.8, 4) is 0 Å². The predicted molar refractivity (Wildman–Crippen MR) is 35.0 cm³/mol. The second kappa shape index (κ2) is 5.24. The van der Waals surface area contributed by atoms with E-state index in [9.17, 15) is 9.59 Å². The number of hydrogen-bond donors (Lipinski definition) is 3. The van der Waals surface area contributed by atoms with Crippen LogP contribution in [0.1, 0.15) is 0 Å². The summed E-state index contributed by atoms with van der Waals surface area (Å²) in [5.74, 6) is -1.17. The van der Waals surface area contributed by atoms with Gasteiger partial charge in [0.15, 0.2) is 0 Å². The fraction of sp³-hybridized carbons (Fsp3) is 0.200. The molecule has 0 aliphatic heterocycles. The topological polar surface area (TPSA) is 102 Å². The number of hydrogen-bond acceptors (Lipinski definition) is 4. The summed E-state index contributed by atoms with van der Waals surface area (Å²) in [5, 5.41) is 8.22. The third-order valence-electron chi connectivity index (χ3n) is 0.755. The van der Waals surface area contributed by atoms with E-state index in [0.29, 0.717) is 6.41 Å². The molecule has 0 fully saturated rings. The van der Waals surface area contributed by atoms with E-state index in [4.69, 9.17) is 10.8 Å². The Balaban J connectivity index is 3.56.